The van der Waals surface area contributed by atoms with Crippen molar-refractivity contribution in [3.63, 3.8) is 0 Å². The van der Waals surface area contributed by atoms with Gasteiger partial charge in [-0.05, 0) is 98.2 Å². The zero-order valence-corrected chi connectivity index (χ0v) is 27.1. The number of carbonyl (C=O) groups excluding carboxylic acids is 1. The maximum atomic E-state index is 12.8. The Labute approximate surface area is 252 Å². The number of allylic oxidation sites excluding steroid dienone is 3. The summed E-state index contributed by atoms with van der Waals surface area (Å²) in [5, 5.41) is 56.9. The average molecular weight is 589 g/mol. The molecule has 42 heavy (non-hydrogen) atoms. The molecule has 0 aliphatic heterocycles. The zero-order chi connectivity index (χ0) is 31.3. The van der Waals surface area contributed by atoms with E-state index in [0.717, 1.165) is 25.7 Å². The Morgan fingerprint density at radius 2 is 1.62 bits per heavy atom. The Bertz CT molecular complexity index is 1160. The normalized spacial score (nSPS) is 51.8. The van der Waals surface area contributed by atoms with Gasteiger partial charge in [-0.2, -0.15) is 0 Å². The summed E-state index contributed by atoms with van der Waals surface area (Å²) < 4.78 is 5.82. The second kappa shape index (κ2) is 10.1. The van der Waals surface area contributed by atoms with Crippen LogP contribution in [0.5, 0.6) is 0 Å². The topological polar surface area (TPSA) is 127 Å². The summed E-state index contributed by atoms with van der Waals surface area (Å²) >= 11 is 0. The molecular formula is C35H56O7. The molecule has 4 saturated carbocycles. The van der Waals surface area contributed by atoms with Crippen LogP contribution in [0.15, 0.2) is 23.3 Å². The van der Waals surface area contributed by atoms with Crippen LogP contribution in [0.2, 0.25) is 0 Å². The Kier molecular flexibility index (Phi) is 7.76. The van der Waals surface area contributed by atoms with E-state index in [1.54, 1.807) is 19.9 Å². The molecule has 12 atom stereocenters. The Balaban J connectivity index is 1.61. The number of hydrogen-bond acceptors (Lipinski definition) is 7. The molecule has 0 radical (unpaired) electrons. The minimum atomic E-state index is -1.26. The predicted octanol–water partition coefficient (Wildman–Crippen LogP) is 4.54. The standard InChI is InChI=1S/C35H56O7/c1-9-20(2)29(41)42-19-35-22(16-30(3,4)27(39)28(35)40)21-10-11-24-31(5)14-13-25(37)32(6,18-36)23(31)12-15-33(24,7)34(21,8)17-26(35)38/h9-10,22-28,36-40H,11-19H2,1-8H3/b20-9+/t22-,23+,24+,25-,26+,27-,28-,31-,32+,33+,34+,35-/m0/s1. The van der Waals surface area contributed by atoms with Gasteiger partial charge in [0.1, 0.15) is 6.61 Å². The van der Waals surface area contributed by atoms with Crippen molar-refractivity contribution in [2.24, 2.45) is 50.2 Å². The first kappa shape index (κ1) is 32.2. The lowest BCUT2D eigenvalue weighted by Crippen LogP contribution is -2.72. The maximum Gasteiger partial charge on any atom is 0.333 e. The lowest BCUT2D eigenvalue weighted by molar-refractivity contribution is -0.260. The van der Waals surface area contributed by atoms with Gasteiger partial charge in [0, 0.05) is 11.0 Å². The van der Waals surface area contributed by atoms with Crippen LogP contribution in [0.25, 0.3) is 0 Å². The molecule has 0 aromatic rings. The van der Waals surface area contributed by atoms with Crippen LogP contribution in [-0.2, 0) is 9.53 Å². The first-order valence-corrected chi connectivity index (χ1v) is 16.2. The average Bonchev–Trinajstić information content (AvgIpc) is 2.93. The van der Waals surface area contributed by atoms with Crippen molar-refractivity contribution >= 4 is 5.97 Å². The first-order valence-electron chi connectivity index (χ1n) is 16.2. The predicted molar refractivity (Wildman–Crippen MR) is 161 cm³/mol. The van der Waals surface area contributed by atoms with Gasteiger partial charge in [-0.15, -0.1) is 0 Å². The molecule has 5 aliphatic rings. The minimum Gasteiger partial charge on any atom is -0.462 e. The fourth-order valence-corrected chi connectivity index (χ4v) is 11.3. The highest BCUT2D eigenvalue weighted by Gasteiger charge is 2.72. The molecule has 5 rings (SSSR count). The minimum absolute atomic E-state index is 0.0275. The summed E-state index contributed by atoms with van der Waals surface area (Å²) in [6, 6.07) is 0. The lowest BCUT2D eigenvalue weighted by Gasteiger charge is -2.72. The summed E-state index contributed by atoms with van der Waals surface area (Å²) in [6.07, 6.45) is 5.47. The summed E-state index contributed by atoms with van der Waals surface area (Å²) in [7, 11) is 0. The van der Waals surface area contributed by atoms with Crippen LogP contribution in [0.4, 0.5) is 0 Å². The van der Waals surface area contributed by atoms with Crippen molar-refractivity contribution in [1.29, 1.82) is 0 Å². The number of rotatable bonds is 4. The highest BCUT2D eigenvalue weighted by molar-refractivity contribution is 5.87. The van der Waals surface area contributed by atoms with E-state index in [4.69, 9.17) is 4.74 Å². The van der Waals surface area contributed by atoms with E-state index in [2.05, 4.69) is 33.8 Å². The third-order valence-electron chi connectivity index (χ3n) is 14.5. The highest BCUT2D eigenvalue weighted by Crippen LogP contribution is 2.75. The van der Waals surface area contributed by atoms with E-state index in [-0.39, 0.29) is 41.3 Å². The third kappa shape index (κ3) is 3.98. The van der Waals surface area contributed by atoms with Crippen LogP contribution in [0.1, 0.15) is 100 Å². The van der Waals surface area contributed by atoms with Crippen molar-refractivity contribution in [2.45, 2.75) is 125 Å². The molecule has 0 aromatic carbocycles. The van der Waals surface area contributed by atoms with Crippen LogP contribution < -0.4 is 0 Å². The first-order chi connectivity index (χ1) is 19.4. The van der Waals surface area contributed by atoms with Crippen molar-refractivity contribution < 1.29 is 35.1 Å². The van der Waals surface area contributed by atoms with E-state index < -0.39 is 46.6 Å². The van der Waals surface area contributed by atoms with Gasteiger partial charge in [-0.1, -0.05) is 59.3 Å². The van der Waals surface area contributed by atoms with Gasteiger partial charge in [0.05, 0.1) is 36.4 Å². The third-order valence-corrected chi connectivity index (χ3v) is 14.5. The molecule has 5 N–H and O–H groups in total. The van der Waals surface area contributed by atoms with Crippen LogP contribution >= 0.6 is 0 Å². The van der Waals surface area contributed by atoms with Crippen LogP contribution in [-0.4, -0.2) is 69.1 Å². The summed E-state index contributed by atoms with van der Waals surface area (Å²) in [5.41, 5.74) is -1.25. The zero-order valence-electron chi connectivity index (χ0n) is 27.1. The molecule has 0 saturated heterocycles. The van der Waals surface area contributed by atoms with E-state index >= 15 is 0 Å². The van der Waals surface area contributed by atoms with E-state index in [1.807, 2.05) is 13.8 Å². The number of esters is 1. The highest BCUT2D eigenvalue weighted by atomic mass is 16.5. The molecule has 7 heteroatoms. The number of carbonyl (C=O) groups is 1. The molecule has 0 unspecified atom stereocenters. The molecule has 0 bridgehead atoms. The SMILES string of the molecule is C/C=C(\C)C(=O)OC[C@@]12[C@H](O)C[C@]3(C)C(=CC[C@@H]4[C@@]5(C)CC[C@H](O)[C@](C)(CO)[C@@H]5CC[C@]43C)[C@@H]1CC(C)(C)[C@@H](O)[C@@H]2O. The number of aliphatic hydroxyl groups excluding tert-OH is 5. The Morgan fingerprint density at radius 1 is 0.952 bits per heavy atom. The molecule has 7 nitrogen and oxygen atoms in total. The van der Waals surface area contributed by atoms with Gasteiger partial charge >= 0.3 is 5.97 Å². The van der Waals surface area contributed by atoms with E-state index in [9.17, 15) is 30.3 Å². The monoisotopic (exact) mass is 588 g/mol. The van der Waals surface area contributed by atoms with Crippen molar-refractivity contribution in [3.8, 4) is 0 Å². The van der Waals surface area contributed by atoms with Gasteiger partial charge in [0.15, 0.2) is 0 Å². The summed E-state index contributed by atoms with van der Waals surface area (Å²) in [5.74, 6) is -0.238. The van der Waals surface area contributed by atoms with Gasteiger partial charge in [0.25, 0.3) is 0 Å². The molecule has 5 aliphatic carbocycles. The molecule has 0 spiro atoms. The van der Waals surface area contributed by atoms with Crippen LogP contribution in [0, 0.1) is 50.2 Å². The van der Waals surface area contributed by atoms with Gasteiger partial charge in [0.2, 0.25) is 0 Å². The number of hydrogen-bond donors (Lipinski definition) is 5. The lowest BCUT2D eigenvalue weighted by atomic mass is 9.33. The molecule has 0 aromatic heterocycles. The number of aliphatic hydroxyl groups is 5. The molecule has 4 fully saturated rings. The second-order valence-electron chi connectivity index (χ2n) is 16.5. The fourth-order valence-electron chi connectivity index (χ4n) is 11.3. The summed E-state index contributed by atoms with van der Waals surface area (Å²) in [4.78, 5) is 12.8. The maximum absolute atomic E-state index is 12.8. The van der Waals surface area contributed by atoms with Crippen LogP contribution in [0.3, 0.4) is 0 Å². The van der Waals surface area contributed by atoms with Gasteiger partial charge in [-0.25, -0.2) is 4.79 Å². The van der Waals surface area contributed by atoms with E-state index in [0.29, 0.717) is 30.8 Å². The van der Waals surface area contributed by atoms with E-state index in [1.165, 1.54) is 5.57 Å². The number of fused-ring (bicyclic) bond motifs is 7. The van der Waals surface area contributed by atoms with Crippen molar-refractivity contribution in [1.82, 2.24) is 0 Å². The Morgan fingerprint density at radius 3 is 2.24 bits per heavy atom. The largest absolute Gasteiger partial charge is 0.462 e. The molecule has 0 amide bonds. The smallest absolute Gasteiger partial charge is 0.333 e. The number of ether oxygens (including phenoxy) is 1. The van der Waals surface area contributed by atoms with Crippen molar-refractivity contribution in [2.75, 3.05) is 13.2 Å². The molecule has 238 valence electrons. The molecule has 0 heterocycles. The van der Waals surface area contributed by atoms with Gasteiger partial charge in [-0.3, -0.25) is 0 Å². The van der Waals surface area contributed by atoms with Crippen molar-refractivity contribution in [3.05, 3.63) is 23.3 Å². The second-order valence-corrected chi connectivity index (χ2v) is 16.5. The quantitative estimate of drug-likeness (QED) is 0.185. The summed E-state index contributed by atoms with van der Waals surface area (Å²) in [6.45, 7) is 16.3. The Hall–Kier alpha value is -1.25. The van der Waals surface area contributed by atoms with Gasteiger partial charge < -0.3 is 30.3 Å². The fraction of sp³-hybridized carbons (Fsp3) is 0.857. The molecular weight excluding hydrogens is 532 g/mol.